The normalized spacial score (nSPS) is 18.2. The number of benzene rings is 2. The van der Waals surface area contributed by atoms with Crippen LogP contribution in [-0.4, -0.2) is 49.8 Å². The molecule has 0 saturated heterocycles. The van der Waals surface area contributed by atoms with Gasteiger partial charge in [0.2, 0.25) is 15.9 Å². The van der Waals surface area contributed by atoms with E-state index in [2.05, 4.69) is 11.4 Å². The second-order valence-corrected chi connectivity index (χ2v) is 11.3. The van der Waals surface area contributed by atoms with Gasteiger partial charge < -0.3 is 9.64 Å². The highest BCUT2D eigenvalue weighted by atomic mass is 32.2. The summed E-state index contributed by atoms with van der Waals surface area (Å²) in [5, 5.41) is 2.06. The van der Waals surface area contributed by atoms with E-state index in [9.17, 15) is 13.2 Å². The zero-order valence-electron chi connectivity index (χ0n) is 18.4. The molecule has 0 bridgehead atoms. The summed E-state index contributed by atoms with van der Waals surface area (Å²) in [6.45, 7) is 0.418. The van der Waals surface area contributed by atoms with E-state index in [1.54, 1.807) is 48.8 Å². The molecule has 1 fully saturated rings. The van der Waals surface area contributed by atoms with Crippen molar-refractivity contribution in [2.24, 2.45) is 0 Å². The molecule has 0 radical (unpaired) electrons. The Morgan fingerprint density at radius 2 is 1.82 bits per heavy atom. The Morgan fingerprint density at radius 1 is 1.09 bits per heavy atom. The highest BCUT2D eigenvalue weighted by Crippen LogP contribution is 2.39. The van der Waals surface area contributed by atoms with Crippen LogP contribution in [0, 0.1) is 0 Å². The van der Waals surface area contributed by atoms with Crippen LogP contribution in [0.5, 0.6) is 5.75 Å². The smallest absolute Gasteiger partial charge is 0.243 e. The predicted molar refractivity (Wildman–Crippen MR) is 128 cm³/mol. The van der Waals surface area contributed by atoms with Gasteiger partial charge in [0.15, 0.2) is 0 Å². The highest BCUT2D eigenvalue weighted by Gasteiger charge is 2.41. The molecule has 1 aromatic heterocycles. The first-order chi connectivity index (χ1) is 16.0. The Morgan fingerprint density at radius 3 is 2.48 bits per heavy atom. The molecule has 172 valence electrons. The summed E-state index contributed by atoms with van der Waals surface area (Å²) >= 11 is 1.71. The van der Waals surface area contributed by atoms with Gasteiger partial charge in [-0.15, -0.1) is 11.3 Å². The second kappa shape index (κ2) is 8.93. The van der Waals surface area contributed by atoms with Crippen molar-refractivity contribution in [3.05, 3.63) is 82.0 Å². The van der Waals surface area contributed by atoms with Gasteiger partial charge in [0.25, 0.3) is 0 Å². The van der Waals surface area contributed by atoms with Crippen molar-refractivity contribution in [1.29, 1.82) is 0 Å². The van der Waals surface area contributed by atoms with Crippen LogP contribution < -0.4 is 4.74 Å². The minimum atomic E-state index is -3.74. The third-order valence-electron chi connectivity index (χ3n) is 6.31. The molecule has 2 aromatic carbocycles. The molecule has 2 heterocycles. The molecule has 0 spiro atoms. The van der Waals surface area contributed by atoms with E-state index >= 15 is 0 Å². The summed E-state index contributed by atoms with van der Waals surface area (Å²) < 4.78 is 33.4. The standard InChI is InChI=1S/C25H26N2O4S2/c1-31-20-11-7-18(8-12-20)25-22-14-16-32-23(22)13-15-26(25)24(28)17-27(19-9-10-19)33(29,30)21-5-3-2-4-6-21/h2-8,11-12,14,16,19,25H,9-10,13,15,17H2,1H3. The van der Waals surface area contributed by atoms with Gasteiger partial charge in [0.05, 0.1) is 24.6 Å². The van der Waals surface area contributed by atoms with Gasteiger partial charge in [0, 0.05) is 17.5 Å². The van der Waals surface area contributed by atoms with E-state index < -0.39 is 10.0 Å². The van der Waals surface area contributed by atoms with Crippen LogP contribution in [0.15, 0.2) is 70.9 Å². The number of sulfonamides is 1. The van der Waals surface area contributed by atoms with E-state index in [4.69, 9.17) is 4.74 Å². The van der Waals surface area contributed by atoms with Gasteiger partial charge in [0.1, 0.15) is 5.75 Å². The molecular formula is C25H26N2O4S2. The summed E-state index contributed by atoms with van der Waals surface area (Å²) in [6, 6.07) is 17.9. The van der Waals surface area contributed by atoms with Gasteiger partial charge in [-0.3, -0.25) is 4.79 Å². The highest BCUT2D eigenvalue weighted by molar-refractivity contribution is 7.89. The molecule has 1 unspecified atom stereocenters. The molecule has 6 nitrogen and oxygen atoms in total. The van der Waals surface area contributed by atoms with E-state index in [1.165, 1.54) is 9.18 Å². The van der Waals surface area contributed by atoms with E-state index in [0.29, 0.717) is 6.54 Å². The van der Waals surface area contributed by atoms with Crippen LogP contribution >= 0.6 is 11.3 Å². The van der Waals surface area contributed by atoms with Gasteiger partial charge in [-0.2, -0.15) is 4.31 Å². The second-order valence-electron chi connectivity index (χ2n) is 8.41. The SMILES string of the molecule is COc1ccc(C2c3ccsc3CCN2C(=O)CN(C2CC2)S(=O)(=O)c2ccccc2)cc1. The first-order valence-electron chi connectivity index (χ1n) is 11.1. The maximum atomic E-state index is 13.7. The lowest BCUT2D eigenvalue weighted by molar-refractivity contribution is -0.133. The number of thiophene rings is 1. The Hall–Kier alpha value is -2.68. The van der Waals surface area contributed by atoms with Crippen molar-refractivity contribution in [1.82, 2.24) is 9.21 Å². The number of rotatable bonds is 7. The van der Waals surface area contributed by atoms with Crippen molar-refractivity contribution in [3.63, 3.8) is 0 Å². The first kappa shape index (κ1) is 22.1. The lowest BCUT2D eigenvalue weighted by atomic mass is 9.93. The molecule has 1 saturated carbocycles. The molecule has 3 aromatic rings. The van der Waals surface area contributed by atoms with E-state index in [-0.39, 0.29) is 29.4 Å². The maximum absolute atomic E-state index is 13.7. The fraction of sp³-hybridized carbons (Fsp3) is 0.320. The molecule has 1 atom stereocenters. The molecule has 0 N–H and O–H groups in total. The summed E-state index contributed by atoms with van der Waals surface area (Å²) in [6.07, 6.45) is 2.35. The fourth-order valence-electron chi connectivity index (χ4n) is 4.46. The number of methoxy groups -OCH3 is 1. The number of amides is 1. The molecule has 8 heteroatoms. The number of nitrogens with zero attached hydrogens (tertiary/aromatic N) is 2. The lowest BCUT2D eigenvalue weighted by Gasteiger charge is -2.37. The molecule has 2 aliphatic rings. The van der Waals surface area contributed by atoms with Crippen LogP contribution in [0.3, 0.4) is 0 Å². The van der Waals surface area contributed by atoms with Gasteiger partial charge >= 0.3 is 0 Å². The van der Waals surface area contributed by atoms with Crippen LogP contribution in [-0.2, 0) is 21.2 Å². The number of hydrogen-bond acceptors (Lipinski definition) is 5. The monoisotopic (exact) mass is 482 g/mol. The zero-order valence-corrected chi connectivity index (χ0v) is 20.0. The van der Waals surface area contributed by atoms with Crippen molar-refractivity contribution >= 4 is 27.3 Å². The number of fused-ring (bicyclic) bond motifs is 1. The summed E-state index contributed by atoms with van der Waals surface area (Å²) in [7, 11) is -2.11. The minimum absolute atomic E-state index is 0.111. The van der Waals surface area contributed by atoms with Crippen molar-refractivity contribution < 1.29 is 17.9 Å². The summed E-state index contributed by atoms with van der Waals surface area (Å²) in [5.41, 5.74) is 2.11. The van der Waals surface area contributed by atoms with Crippen molar-refractivity contribution in [3.8, 4) is 5.75 Å². The van der Waals surface area contributed by atoms with Crippen molar-refractivity contribution in [2.45, 2.75) is 36.2 Å². The third kappa shape index (κ3) is 4.30. The number of hydrogen-bond donors (Lipinski definition) is 0. The fourth-order valence-corrected chi connectivity index (χ4v) is 7.01. The van der Waals surface area contributed by atoms with Gasteiger partial charge in [-0.1, -0.05) is 30.3 Å². The molecule has 1 aliphatic carbocycles. The Kier molecular flexibility index (Phi) is 5.99. The minimum Gasteiger partial charge on any atom is -0.497 e. The zero-order chi connectivity index (χ0) is 23.0. The molecular weight excluding hydrogens is 456 g/mol. The topological polar surface area (TPSA) is 66.9 Å². The number of carbonyl (C=O) groups excluding carboxylic acids is 1. The molecule has 5 rings (SSSR count). The van der Waals surface area contributed by atoms with Crippen LogP contribution in [0.25, 0.3) is 0 Å². The van der Waals surface area contributed by atoms with Crippen molar-refractivity contribution in [2.75, 3.05) is 20.2 Å². The largest absolute Gasteiger partial charge is 0.497 e. The average Bonchev–Trinajstić information content (AvgIpc) is 3.57. The summed E-state index contributed by atoms with van der Waals surface area (Å²) in [5.74, 6) is 0.589. The lowest BCUT2D eigenvalue weighted by Crippen LogP contribution is -2.47. The third-order valence-corrected chi connectivity index (χ3v) is 9.22. The first-order valence-corrected chi connectivity index (χ1v) is 13.4. The van der Waals surface area contributed by atoms with Crippen LogP contribution in [0.2, 0.25) is 0 Å². The average molecular weight is 483 g/mol. The van der Waals surface area contributed by atoms with E-state index in [0.717, 1.165) is 36.1 Å². The Labute approximate surface area is 198 Å². The Balaban J connectivity index is 1.46. The van der Waals surface area contributed by atoms with Crippen LogP contribution in [0.4, 0.5) is 0 Å². The van der Waals surface area contributed by atoms with Gasteiger partial charge in [-0.25, -0.2) is 8.42 Å². The molecule has 33 heavy (non-hydrogen) atoms. The quantitative estimate of drug-likeness (QED) is 0.509. The van der Waals surface area contributed by atoms with E-state index in [1.807, 2.05) is 29.2 Å². The maximum Gasteiger partial charge on any atom is 0.243 e. The predicted octanol–water partition coefficient (Wildman–Crippen LogP) is 4.08. The number of ether oxygens (including phenoxy) is 1. The molecule has 1 amide bonds. The number of carbonyl (C=O) groups is 1. The Bertz CT molecular complexity index is 1230. The summed E-state index contributed by atoms with van der Waals surface area (Å²) in [4.78, 5) is 17.0. The molecule has 1 aliphatic heterocycles. The van der Waals surface area contributed by atoms with Gasteiger partial charge in [-0.05, 0) is 66.1 Å². The van der Waals surface area contributed by atoms with Crippen LogP contribution in [0.1, 0.15) is 34.9 Å².